The number of para-hydroxylation sites is 1. The van der Waals surface area contributed by atoms with Gasteiger partial charge in [-0.3, -0.25) is 4.79 Å². The molecule has 0 aliphatic rings. The molecule has 4 nitrogen and oxygen atoms in total. The van der Waals surface area contributed by atoms with Gasteiger partial charge in [-0.05, 0) is 40.2 Å². The predicted octanol–water partition coefficient (Wildman–Crippen LogP) is 4.19. The molecule has 0 heterocycles. The lowest BCUT2D eigenvalue weighted by atomic mass is 10.1. The SMILES string of the molecule is O=C(Nc1c(F)cccc1C(=O)O)c1cccc(Br)c1Cl. The maximum atomic E-state index is 13.7. The van der Waals surface area contributed by atoms with Crippen LogP contribution < -0.4 is 5.32 Å². The Morgan fingerprint density at radius 2 is 1.76 bits per heavy atom. The van der Waals surface area contributed by atoms with E-state index >= 15 is 0 Å². The van der Waals surface area contributed by atoms with Crippen molar-refractivity contribution in [1.82, 2.24) is 0 Å². The van der Waals surface area contributed by atoms with Crippen LogP contribution >= 0.6 is 27.5 Å². The summed E-state index contributed by atoms with van der Waals surface area (Å²) in [6.07, 6.45) is 0. The molecule has 0 atom stereocenters. The van der Waals surface area contributed by atoms with Gasteiger partial charge >= 0.3 is 5.97 Å². The summed E-state index contributed by atoms with van der Waals surface area (Å²) >= 11 is 9.15. The van der Waals surface area contributed by atoms with Gasteiger partial charge in [0.15, 0.2) is 0 Å². The van der Waals surface area contributed by atoms with Gasteiger partial charge in [-0.25, -0.2) is 9.18 Å². The van der Waals surface area contributed by atoms with E-state index in [-0.39, 0.29) is 16.1 Å². The number of hydrogen-bond donors (Lipinski definition) is 2. The van der Waals surface area contributed by atoms with E-state index in [0.29, 0.717) is 4.47 Å². The van der Waals surface area contributed by atoms with Crippen LogP contribution in [0.15, 0.2) is 40.9 Å². The standard InChI is InChI=1S/C14H8BrClFNO3/c15-9-5-1-3-7(11(9)16)13(19)18-12-8(14(20)21)4-2-6-10(12)17/h1-6H,(H,18,19)(H,20,21). The van der Waals surface area contributed by atoms with Gasteiger partial charge in [-0.2, -0.15) is 0 Å². The molecular weight excluding hydrogens is 365 g/mol. The van der Waals surface area contributed by atoms with Crippen LogP contribution in [0.4, 0.5) is 10.1 Å². The Bertz CT molecular complexity index is 736. The van der Waals surface area contributed by atoms with Crippen molar-refractivity contribution < 1.29 is 19.1 Å². The topological polar surface area (TPSA) is 66.4 Å². The van der Waals surface area contributed by atoms with Crippen LogP contribution in [0.3, 0.4) is 0 Å². The monoisotopic (exact) mass is 371 g/mol. The number of anilines is 1. The van der Waals surface area contributed by atoms with Gasteiger partial charge in [-0.1, -0.05) is 23.7 Å². The zero-order valence-electron chi connectivity index (χ0n) is 10.4. The number of rotatable bonds is 3. The first-order chi connectivity index (χ1) is 9.91. The van der Waals surface area contributed by atoms with Crippen LogP contribution in [0.25, 0.3) is 0 Å². The summed E-state index contributed by atoms with van der Waals surface area (Å²) < 4.78 is 14.2. The molecule has 108 valence electrons. The minimum Gasteiger partial charge on any atom is -0.478 e. The first kappa shape index (κ1) is 15.5. The molecule has 0 aromatic heterocycles. The largest absolute Gasteiger partial charge is 0.478 e. The van der Waals surface area contributed by atoms with Gasteiger partial charge in [0.1, 0.15) is 5.82 Å². The van der Waals surface area contributed by atoms with Crippen molar-refractivity contribution in [2.24, 2.45) is 0 Å². The Morgan fingerprint density at radius 1 is 1.14 bits per heavy atom. The second-order valence-corrected chi connectivity index (χ2v) is 5.26. The van der Waals surface area contributed by atoms with Crippen molar-refractivity contribution in [1.29, 1.82) is 0 Å². The summed E-state index contributed by atoms with van der Waals surface area (Å²) in [5.41, 5.74) is -0.633. The van der Waals surface area contributed by atoms with E-state index in [1.54, 1.807) is 12.1 Å². The molecule has 1 amide bonds. The molecule has 21 heavy (non-hydrogen) atoms. The normalized spacial score (nSPS) is 10.2. The predicted molar refractivity (Wildman–Crippen MR) is 80.5 cm³/mol. The van der Waals surface area contributed by atoms with Crippen molar-refractivity contribution in [3.63, 3.8) is 0 Å². The molecule has 0 bridgehead atoms. The Morgan fingerprint density at radius 3 is 2.43 bits per heavy atom. The quantitative estimate of drug-likeness (QED) is 0.849. The van der Waals surface area contributed by atoms with E-state index in [1.807, 2.05) is 0 Å². The fourth-order valence-electron chi connectivity index (χ4n) is 1.69. The number of nitrogens with one attached hydrogen (secondary N) is 1. The summed E-state index contributed by atoms with van der Waals surface area (Å²) in [4.78, 5) is 23.2. The van der Waals surface area contributed by atoms with Gasteiger partial charge < -0.3 is 10.4 Å². The Balaban J connectivity index is 2.41. The van der Waals surface area contributed by atoms with Crippen LogP contribution in [-0.4, -0.2) is 17.0 Å². The van der Waals surface area contributed by atoms with Crippen molar-refractivity contribution in [2.45, 2.75) is 0 Å². The molecule has 0 saturated heterocycles. The van der Waals surface area contributed by atoms with E-state index in [1.165, 1.54) is 18.2 Å². The van der Waals surface area contributed by atoms with E-state index in [0.717, 1.165) is 6.07 Å². The third-order valence-electron chi connectivity index (χ3n) is 2.68. The highest BCUT2D eigenvalue weighted by Crippen LogP contribution is 2.27. The van der Waals surface area contributed by atoms with Crippen LogP contribution in [0.5, 0.6) is 0 Å². The number of aromatic carboxylic acids is 1. The lowest BCUT2D eigenvalue weighted by Crippen LogP contribution is -2.16. The lowest BCUT2D eigenvalue weighted by Gasteiger charge is -2.11. The van der Waals surface area contributed by atoms with Gasteiger partial charge in [-0.15, -0.1) is 0 Å². The van der Waals surface area contributed by atoms with Gasteiger partial charge in [0.2, 0.25) is 0 Å². The number of hydrogen-bond acceptors (Lipinski definition) is 2. The molecule has 0 saturated carbocycles. The first-order valence-corrected chi connectivity index (χ1v) is 6.86. The Labute approximate surface area is 132 Å². The third kappa shape index (κ3) is 3.22. The Hall–Kier alpha value is -1.92. The maximum Gasteiger partial charge on any atom is 0.337 e. The fraction of sp³-hybridized carbons (Fsp3) is 0. The number of benzene rings is 2. The van der Waals surface area contributed by atoms with Gasteiger partial charge in [0, 0.05) is 4.47 Å². The third-order valence-corrected chi connectivity index (χ3v) is 3.98. The number of carbonyl (C=O) groups excluding carboxylic acids is 1. The highest BCUT2D eigenvalue weighted by Gasteiger charge is 2.19. The number of carboxylic acids is 1. The second kappa shape index (κ2) is 6.24. The molecule has 0 radical (unpaired) electrons. The average molecular weight is 373 g/mol. The van der Waals surface area contributed by atoms with Crippen LogP contribution in [0, 0.1) is 5.82 Å². The summed E-state index contributed by atoms with van der Waals surface area (Å²) in [5, 5.41) is 11.4. The molecule has 0 fully saturated rings. The van der Waals surface area contributed by atoms with Crippen LogP contribution in [-0.2, 0) is 0 Å². The van der Waals surface area contributed by atoms with Crippen molar-refractivity contribution >= 4 is 45.1 Å². The number of amides is 1. The van der Waals surface area contributed by atoms with Crippen molar-refractivity contribution in [2.75, 3.05) is 5.32 Å². The number of carbonyl (C=O) groups is 2. The molecule has 2 rings (SSSR count). The molecule has 7 heteroatoms. The molecular formula is C14H8BrClFNO3. The minimum absolute atomic E-state index is 0.102. The second-order valence-electron chi connectivity index (χ2n) is 4.02. The highest BCUT2D eigenvalue weighted by atomic mass is 79.9. The molecule has 2 aromatic rings. The maximum absolute atomic E-state index is 13.7. The van der Waals surface area contributed by atoms with E-state index in [9.17, 15) is 14.0 Å². The van der Waals surface area contributed by atoms with Crippen LogP contribution in [0.2, 0.25) is 5.02 Å². The molecule has 2 N–H and O–H groups in total. The average Bonchev–Trinajstić information content (AvgIpc) is 2.43. The lowest BCUT2D eigenvalue weighted by molar-refractivity contribution is 0.0697. The van der Waals surface area contributed by atoms with Gasteiger partial charge in [0.05, 0.1) is 21.8 Å². The molecule has 0 spiro atoms. The summed E-state index contributed by atoms with van der Waals surface area (Å²) in [6, 6.07) is 8.19. The van der Waals surface area contributed by atoms with Crippen LogP contribution in [0.1, 0.15) is 20.7 Å². The zero-order chi connectivity index (χ0) is 15.6. The first-order valence-electron chi connectivity index (χ1n) is 5.69. The van der Waals surface area contributed by atoms with Gasteiger partial charge in [0.25, 0.3) is 5.91 Å². The zero-order valence-corrected chi connectivity index (χ0v) is 12.7. The van der Waals surface area contributed by atoms with Crippen molar-refractivity contribution in [3.05, 3.63) is 62.8 Å². The fourth-order valence-corrected chi connectivity index (χ4v) is 2.27. The molecule has 0 aliphatic carbocycles. The summed E-state index contributed by atoms with van der Waals surface area (Å²) in [6.45, 7) is 0. The van der Waals surface area contributed by atoms with E-state index in [4.69, 9.17) is 16.7 Å². The summed E-state index contributed by atoms with van der Waals surface area (Å²) in [7, 11) is 0. The number of carboxylic acid groups (broad SMARTS) is 1. The number of halogens is 3. The molecule has 0 aliphatic heterocycles. The Kier molecular flexibility index (Phi) is 4.59. The highest BCUT2D eigenvalue weighted by molar-refractivity contribution is 9.10. The smallest absolute Gasteiger partial charge is 0.337 e. The van der Waals surface area contributed by atoms with E-state index in [2.05, 4.69) is 21.2 Å². The van der Waals surface area contributed by atoms with E-state index < -0.39 is 23.4 Å². The van der Waals surface area contributed by atoms with Crippen molar-refractivity contribution in [3.8, 4) is 0 Å². The molecule has 2 aromatic carbocycles. The molecule has 0 unspecified atom stereocenters. The minimum atomic E-state index is -1.34. The summed E-state index contributed by atoms with van der Waals surface area (Å²) in [5.74, 6) is -2.88.